The molecule has 0 saturated heterocycles. The zero-order chi connectivity index (χ0) is 26.2. The quantitative estimate of drug-likeness (QED) is 0.339. The molecule has 3 rings (SSSR count). The van der Waals surface area contributed by atoms with Crippen LogP contribution in [0, 0.1) is 0 Å². The third-order valence-electron chi connectivity index (χ3n) is 6.06. The smallest absolute Gasteiger partial charge is 0.322 e. The molecule has 0 bridgehead atoms. The Balaban J connectivity index is 1.88. The lowest BCUT2D eigenvalue weighted by molar-refractivity contribution is -0.134. The van der Waals surface area contributed by atoms with E-state index in [9.17, 15) is 13.2 Å². The molecule has 9 heteroatoms. The van der Waals surface area contributed by atoms with Crippen molar-refractivity contribution in [2.45, 2.75) is 63.6 Å². The number of aromatic nitrogens is 2. The van der Waals surface area contributed by atoms with Crippen LogP contribution >= 0.6 is 0 Å². The van der Waals surface area contributed by atoms with Crippen molar-refractivity contribution in [2.75, 3.05) is 11.9 Å². The van der Waals surface area contributed by atoms with Crippen LogP contribution < -0.4 is 5.32 Å². The minimum atomic E-state index is -3.92. The van der Waals surface area contributed by atoms with E-state index in [4.69, 9.17) is 5.11 Å². The third-order valence-corrected chi connectivity index (χ3v) is 7.77. The number of carboxylic acid groups (broad SMARTS) is 1. The van der Waals surface area contributed by atoms with E-state index in [0.717, 1.165) is 24.8 Å². The number of benzene rings is 1. The van der Waals surface area contributed by atoms with Gasteiger partial charge in [0.25, 0.3) is 10.0 Å². The Kier molecular flexibility index (Phi) is 9.17. The highest BCUT2D eigenvalue weighted by Gasteiger charge is 2.27. The summed E-state index contributed by atoms with van der Waals surface area (Å²) >= 11 is 0. The van der Waals surface area contributed by atoms with Gasteiger partial charge >= 0.3 is 5.97 Å². The van der Waals surface area contributed by atoms with Gasteiger partial charge in [-0.05, 0) is 47.2 Å². The maximum Gasteiger partial charge on any atom is 0.322 e. The van der Waals surface area contributed by atoms with Gasteiger partial charge in [0, 0.05) is 12.7 Å². The highest BCUT2D eigenvalue weighted by atomic mass is 32.2. The highest BCUT2D eigenvalue weighted by molar-refractivity contribution is 7.89. The van der Waals surface area contributed by atoms with Crippen LogP contribution in [0.25, 0.3) is 0 Å². The van der Waals surface area contributed by atoms with E-state index in [1.54, 1.807) is 30.3 Å². The Morgan fingerprint density at radius 1 is 1.03 bits per heavy atom. The van der Waals surface area contributed by atoms with Gasteiger partial charge in [-0.25, -0.2) is 18.4 Å². The molecule has 0 amide bonds. The first kappa shape index (κ1) is 27.3. The lowest BCUT2D eigenvalue weighted by Crippen LogP contribution is -2.31. The number of sulfonamides is 1. The summed E-state index contributed by atoms with van der Waals surface area (Å²) in [6, 6.07) is 17.9. The minimum absolute atomic E-state index is 0.00520. The van der Waals surface area contributed by atoms with Gasteiger partial charge in [-0.3, -0.25) is 4.79 Å². The van der Waals surface area contributed by atoms with Crippen LogP contribution in [0.15, 0.2) is 71.9 Å². The molecule has 2 aromatic heterocycles. The van der Waals surface area contributed by atoms with Crippen molar-refractivity contribution in [3.63, 3.8) is 0 Å². The van der Waals surface area contributed by atoms with Crippen LogP contribution in [0.2, 0.25) is 0 Å². The average Bonchev–Trinajstić information content (AvgIpc) is 2.87. The number of aliphatic carboxylic acids is 1. The fraction of sp³-hybridized carbons (Fsp3) is 0.370. The normalized spacial score (nSPS) is 12.0. The number of unbranched alkanes of at least 4 members (excludes halogenated alkanes) is 1. The van der Waals surface area contributed by atoms with Crippen molar-refractivity contribution >= 4 is 21.8 Å². The fourth-order valence-corrected chi connectivity index (χ4v) is 5.23. The predicted molar refractivity (Wildman–Crippen MR) is 140 cm³/mol. The van der Waals surface area contributed by atoms with Crippen molar-refractivity contribution in [3.8, 4) is 0 Å². The number of pyridine rings is 2. The molecule has 0 unspecified atom stereocenters. The SMILES string of the molecule is CCCCC(C)(C)c1ccc(CN(Cc2cccc(NCC(=O)O)n2)S(=O)(=O)c2ccccn2)cc1. The number of carboxylic acids is 1. The molecule has 0 spiro atoms. The largest absolute Gasteiger partial charge is 0.480 e. The first-order valence-electron chi connectivity index (χ1n) is 12.0. The molecule has 0 radical (unpaired) electrons. The summed E-state index contributed by atoms with van der Waals surface area (Å²) in [5.74, 6) is -0.647. The molecule has 2 heterocycles. The number of nitrogens with zero attached hydrogens (tertiary/aromatic N) is 3. The molecule has 0 aliphatic heterocycles. The van der Waals surface area contributed by atoms with E-state index < -0.39 is 16.0 Å². The number of anilines is 1. The van der Waals surface area contributed by atoms with Crippen molar-refractivity contribution in [3.05, 3.63) is 83.7 Å². The van der Waals surface area contributed by atoms with E-state index >= 15 is 0 Å². The summed E-state index contributed by atoms with van der Waals surface area (Å²) in [5.41, 5.74) is 2.60. The zero-order valence-corrected chi connectivity index (χ0v) is 21.8. The number of nitrogens with one attached hydrogen (secondary N) is 1. The lowest BCUT2D eigenvalue weighted by Gasteiger charge is -2.26. The molecule has 36 heavy (non-hydrogen) atoms. The van der Waals surface area contributed by atoms with Gasteiger partial charge < -0.3 is 10.4 Å². The summed E-state index contributed by atoms with van der Waals surface area (Å²) < 4.78 is 28.4. The topological polar surface area (TPSA) is 112 Å². The summed E-state index contributed by atoms with van der Waals surface area (Å²) in [5, 5.41) is 11.6. The van der Waals surface area contributed by atoms with Crippen LogP contribution in [0.3, 0.4) is 0 Å². The number of rotatable bonds is 13. The maximum atomic E-state index is 13.5. The third kappa shape index (κ3) is 7.35. The van der Waals surface area contributed by atoms with Crippen LogP contribution in [-0.4, -0.2) is 40.3 Å². The molecule has 0 aliphatic rings. The predicted octanol–water partition coefficient (Wildman–Crippen LogP) is 4.83. The van der Waals surface area contributed by atoms with E-state index in [1.165, 1.54) is 22.1 Å². The first-order chi connectivity index (χ1) is 17.1. The molecule has 1 aromatic carbocycles. The second-order valence-electron chi connectivity index (χ2n) is 9.39. The molecule has 8 nitrogen and oxygen atoms in total. The molecule has 0 saturated carbocycles. The van der Waals surface area contributed by atoms with Gasteiger partial charge in [0.2, 0.25) is 0 Å². The van der Waals surface area contributed by atoms with Crippen molar-refractivity contribution < 1.29 is 18.3 Å². The molecule has 0 atom stereocenters. The first-order valence-corrected chi connectivity index (χ1v) is 13.5. The van der Waals surface area contributed by atoms with Crippen molar-refractivity contribution in [1.29, 1.82) is 0 Å². The number of carbonyl (C=O) groups is 1. The maximum absolute atomic E-state index is 13.5. The lowest BCUT2D eigenvalue weighted by atomic mass is 9.80. The Bertz CT molecular complexity index is 1250. The Morgan fingerprint density at radius 2 is 1.78 bits per heavy atom. The Morgan fingerprint density at radius 3 is 2.42 bits per heavy atom. The van der Waals surface area contributed by atoms with Gasteiger partial charge in [-0.2, -0.15) is 4.31 Å². The molecular formula is C27H34N4O4S. The minimum Gasteiger partial charge on any atom is -0.480 e. The van der Waals surface area contributed by atoms with Crippen molar-refractivity contribution in [1.82, 2.24) is 14.3 Å². The van der Waals surface area contributed by atoms with Gasteiger partial charge in [-0.15, -0.1) is 0 Å². The second-order valence-corrected chi connectivity index (χ2v) is 11.3. The van der Waals surface area contributed by atoms with Crippen LogP contribution in [0.5, 0.6) is 0 Å². The highest BCUT2D eigenvalue weighted by Crippen LogP contribution is 2.29. The molecule has 2 N–H and O–H groups in total. The fourth-order valence-electron chi connectivity index (χ4n) is 3.90. The standard InChI is InChI=1S/C27H34N4O4S/c1-4-5-16-27(2,3)22-14-12-21(13-15-22)19-31(36(34,35)25-11-6-7-17-28-25)20-23-9-8-10-24(30-23)29-18-26(32)33/h6-15,17H,4-5,16,18-20H2,1-3H3,(H,29,30)(H,32,33). The monoisotopic (exact) mass is 510 g/mol. The van der Waals surface area contributed by atoms with Crippen LogP contribution in [0.4, 0.5) is 5.82 Å². The number of hydrogen-bond acceptors (Lipinski definition) is 6. The van der Waals surface area contributed by atoms with Gasteiger partial charge in [0.1, 0.15) is 12.4 Å². The molecule has 3 aromatic rings. The molecular weight excluding hydrogens is 476 g/mol. The number of hydrogen-bond donors (Lipinski definition) is 2. The summed E-state index contributed by atoms with van der Waals surface area (Å²) in [6.45, 7) is 6.50. The summed E-state index contributed by atoms with van der Waals surface area (Å²) in [4.78, 5) is 19.4. The Labute approximate surface area is 213 Å². The van der Waals surface area contributed by atoms with E-state index in [-0.39, 0.29) is 30.1 Å². The van der Waals surface area contributed by atoms with Gasteiger partial charge in [-0.1, -0.05) is 70.0 Å². The molecule has 0 aliphatic carbocycles. The summed E-state index contributed by atoms with van der Waals surface area (Å²) in [7, 11) is -3.92. The van der Waals surface area contributed by atoms with Gasteiger partial charge in [0.15, 0.2) is 5.03 Å². The van der Waals surface area contributed by atoms with Crippen LogP contribution in [-0.2, 0) is 33.3 Å². The zero-order valence-electron chi connectivity index (χ0n) is 21.0. The molecule has 192 valence electrons. The van der Waals surface area contributed by atoms with Crippen molar-refractivity contribution in [2.24, 2.45) is 0 Å². The van der Waals surface area contributed by atoms with Gasteiger partial charge in [0.05, 0.1) is 12.2 Å². The van der Waals surface area contributed by atoms with E-state index in [1.807, 2.05) is 12.1 Å². The van der Waals surface area contributed by atoms with E-state index in [0.29, 0.717) is 11.5 Å². The molecule has 0 fully saturated rings. The summed E-state index contributed by atoms with van der Waals surface area (Å²) in [6.07, 6.45) is 4.83. The average molecular weight is 511 g/mol. The second kappa shape index (κ2) is 12.1. The van der Waals surface area contributed by atoms with Crippen LogP contribution in [0.1, 0.15) is 56.9 Å². The van der Waals surface area contributed by atoms with E-state index in [2.05, 4.69) is 48.2 Å². The Hall–Kier alpha value is -3.30.